The van der Waals surface area contributed by atoms with Crippen molar-refractivity contribution in [3.05, 3.63) is 23.4 Å². The lowest BCUT2D eigenvalue weighted by Crippen LogP contribution is -2.10. The van der Waals surface area contributed by atoms with Crippen LogP contribution in [0.25, 0.3) is 0 Å². The first-order valence-corrected chi connectivity index (χ1v) is 3.88. The molecule has 0 heterocycles. The van der Waals surface area contributed by atoms with Crippen LogP contribution in [0.5, 0.6) is 0 Å². The van der Waals surface area contributed by atoms with Gasteiger partial charge in [0.2, 0.25) is 0 Å². The third-order valence-electron chi connectivity index (χ3n) is 1.51. The van der Waals surface area contributed by atoms with Gasteiger partial charge >= 0.3 is 5.97 Å². The van der Waals surface area contributed by atoms with E-state index < -0.39 is 5.97 Å². The van der Waals surface area contributed by atoms with E-state index in [-0.39, 0.29) is 5.57 Å². The fraction of sp³-hybridized carbons (Fsp3) is 0.444. The van der Waals surface area contributed by atoms with Crippen molar-refractivity contribution in [2.75, 3.05) is 0 Å². The van der Waals surface area contributed by atoms with Gasteiger partial charge in [-0.05, 0) is 18.9 Å². The zero-order chi connectivity index (χ0) is 9.72. The lowest BCUT2D eigenvalue weighted by atomic mass is 10.0. The highest BCUT2D eigenvalue weighted by molar-refractivity contribution is 5.92. The van der Waals surface area contributed by atoms with Crippen LogP contribution in [-0.4, -0.2) is 11.1 Å². The summed E-state index contributed by atoms with van der Waals surface area (Å²) >= 11 is 0. The Labute approximate surface area is 72.6 Å². The van der Waals surface area contributed by atoms with Crippen molar-refractivity contribution in [1.82, 2.24) is 0 Å². The largest absolute Gasteiger partial charge is 0.478 e. The average molecular weight is 169 g/mol. The third-order valence-corrected chi connectivity index (χ3v) is 1.51. The van der Waals surface area contributed by atoms with E-state index in [1.807, 2.05) is 6.92 Å². The van der Waals surface area contributed by atoms with Gasteiger partial charge in [-0.2, -0.15) is 0 Å². The lowest BCUT2D eigenvalue weighted by molar-refractivity contribution is -0.132. The zero-order valence-corrected chi connectivity index (χ0v) is 7.55. The van der Waals surface area contributed by atoms with E-state index in [0.717, 1.165) is 6.42 Å². The first kappa shape index (κ1) is 10.8. The molecule has 12 heavy (non-hydrogen) atoms. The van der Waals surface area contributed by atoms with E-state index >= 15 is 0 Å². The van der Waals surface area contributed by atoms with Gasteiger partial charge < -0.3 is 10.8 Å². The van der Waals surface area contributed by atoms with E-state index in [1.54, 1.807) is 6.92 Å². The molecule has 68 valence electrons. The molecule has 0 rings (SSSR count). The predicted octanol–water partition coefficient (Wildman–Crippen LogP) is 1.66. The highest BCUT2D eigenvalue weighted by atomic mass is 16.4. The van der Waals surface area contributed by atoms with Crippen LogP contribution in [0, 0.1) is 0 Å². The maximum atomic E-state index is 10.7. The summed E-state index contributed by atoms with van der Waals surface area (Å²) in [6, 6.07) is 0. The Hall–Kier alpha value is -1.25. The maximum absolute atomic E-state index is 10.7. The van der Waals surface area contributed by atoms with Gasteiger partial charge in [-0.1, -0.05) is 19.9 Å². The summed E-state index contributed by atoms with van der Waals surface area (Å²) in [5, 5.41) is 8.74. The van der Waals surface area contributed by atoms with Crippen molar-refractivity contribution in [2.45, 2.75) is 26.7 Å². The maximum Gasteiger partial charge on any atom is 0.337 e. The number of aliphatic carboxylic acids is 1. The summed E-state index contributed by atoms with van der Waals surface area (Å²) in [6.07, 6.45) is 1.55. The SMILES string of the molecule is C=C(CCC)/C(C(=O)O)=C(\C)N. The second-order valence-corrected chi connectivity index (χ2v) is 2.72. The Morgan fingerprint density at radius 1 is 1.58 bits per heavy atom. The third kappa shape index (κ3) is 2.78. The number of carboxylic acids is 1. The zero-order valence-electron chi connectivity index (χ0n) is 7.55. The van der Waals surface area contributed by atoms with Gasteiger partial charge in [0.1, 0.15) is 0 Å². The quantitative estimate of drug-likeness (QED) is 0.497. The topological polar surface area (TPSA) is 63.3 Å². The molecule has 0 atom stereocenters. The molecule has 0 aromatic heterocycles. The average Bonchev–Trinajstić information content (AvgIpc) is 1.85. The fourth-order valence-electron chi connectivity index (χ4n) is 1.03. The molecular weight excluding hydrogens is 154 g/mol. The van der Waals surface area contributed by atoms with Crippen LogP contribution in [0.3, 0.4) is 0 Å². The molecule has 0 aliphatic rings. The van der Waals surface area contributed by atoms with Crippen LogP contribution in [0.1, 0.15) is 26.7 Å². The molecule has 0 saturated carbocycles. The number of allylic oxidation sites excluding steroid dienone is 1. The molecular formula is C9H15NO2. The highest BCUT2D eigenvalue weighted by Gasteiger charge is 2.12. The summed E-state index contributed by atoms with van der Waals surface area (Å²) in [5.74, 6) is -0.992. The van der Waals surface area contributed by atoms with Gasteiger partial charge in [-0.25, -0.2) is 4.79 Å². The second kappa shape index (κ2) is 4.59. The van der Waals surface area contributed by atoms with Crippen molar-refractivity contribution in [2.24, 2.45) is 5.73 Å². The Bertz CT molecular complexity index is 225. The fourth-order valence-corrected chi connectivity index (χ4v) is 1.03. The minimum absolute atomic E-state index is 0.164. The number of carboxylic acid groups (broad SMARTS) is 1. The first-order valence-electron chi connectivity index (χ1n) is 3.88. The summed E-state index contributed by atoms with van der Waals surface area (Å²) in [5.41, 5.74) is 6.49. The van der Waals surface area contributed by atoms with Gasteiger partial charge in [0, 0.05) is 5.70 Å². The van der Waals surface area contributed by atoms with Gasteiger partial charge in [-0.3, -0.25) is 0 Å². The van der Waals surface area contributed by atoms with E-state index in [1.165, 1.54) is 0 Å². The number of hydrogen-bond donors (Lipinski definition) is 2. The molecule has 0 aliphatic heterocycles. The molecule has 0 unspecified atom stereocenters. The number of hydrogen-bond acceptors (Lipinski definition) is 2. The number of carbonyl (C=O) groups is 1. The first-order chi connectivity index (χ1) is 5.50. The highest BCUT2D eigenvalue weighted by Crippen LogP contribution is 2.15. The van der Waals surface area contributed by atoms with E-state index in [4.69, 9.17) is 10.8 Å². The molecule has 0 bridgehead atoms. The number of rotatable bonds is 4. The summed E-state index contributed by atoms with van der Waals surface area (Å²) in [4.78, 5) is 10.7. The van der Waals surface area contributed by atoms with Crippen molar-refractivity contribution < 1.29 is 9.90 Å². The number of nitrogens with two attached hydrogens (primary N) is 1. The normalized spacial score (nSPS) is 12.2. The Kier molecular flexibility index (Phi) is 4.11. The van der Waals surface area contributed by atoms with E-state index in [0.29, 0.717) is 17.7 Å². The molecule has 0 aromatic carbocycles. The van der Waals surface area contributed by atoms with Crippen molar-refractivity contribution in [1.29, 1.82) is 0 Å². The van der Waals surface area contributed by atoms with Gasteiger partial charge in [0.15, 0.2) is 0 Å². The Morgan fingerprint density at radius 3 is 2.33 bits per heavy atom. The van der Waals surface area contributed by atoms with Crippen molar-refractivity contribution >= 4 is 5.97 Å². The van der Waals surface area contributed by atoms with E-state index in [9.17, 15) is 4.79 Å². The molecule has 3 heteroatoms. The molecule has 0 spiro atoms. The monoisotopic (exact) mass is 169 g/mol. The smallest absolute Gasteiger partial charge is 0.337 e. The van der Waals surface area contributed by atoms with Crippen LogP contribution in [0.2, 0.25) is 0 Å². The van der Waals surface area contributed by atoms with Crippen LogP contribution in [0.4, 0.5) is 0 Å². The van der Waals surface area contributed by atoms with Crippen LogP contribution >= 0.6 is 0 Å². The van der Waals surface area contributed by atoms with Crippen LogP contribution in [-0.2, 0) is 4.79 Å². The lowest BCUT2D eigenvalue weighted by Gasteiger charge is -2.06. The van der Waals surface area contributed by atoms with Crippen molar-refractivity contribution in [3.8, 4) is 0 Å². The second-order valence-electron chi connectivity index (χ2n) is 2.72. The molecule has 0 radical (unpaired) electrons. The van der Waals surface area contributed by atoms with E-state index in [2.05, 4.69) is 6.58 Å². The molecule has 3 nitrogen and oxygen atoms in total. The predicted molar refractivity (Wildman–Crippen MR) is 48.6 cm³/mol. The molecule has 0 aromatic rings. The molecule has 0 saturated heterocycles. The van der Waals surface area contributed by atoms with Gasteiger partial charge in [-0.15, -0.1) is 0 Å². The minimum atomic E-state index is -0.992. The van der Waals surface area contributed by atoms with Gasteiger partial charge in [0.05, 0.1) is 5.57 Å². The summed E-state index contributed by atoms with van der Waals surface area (Å²) in [6.45, 7) is 7.21. The van der Waals surface area contributed by atoms with Crippen molar-refractivity contribution in [3.63, 3.8) is 0 Å². The van der Waals surface area contributed by atoms with Gasteiger partial charge in [0.25, 0.3) is 0 Å². The standard InChI is InChI=1S/C9H15NO2/c1-4-5-6(2)8(7(3)10)9(11)12/h2,4-5,10H2,1,3H3,(H,11,12)/b8-7-. The Morgan fingerprint density at radius 2 is 2.08 bits per heavy atom. The van der Waals surface area contributed by atoms with Crippen LogP contribution in [0.15, 0.2) is 23.4 Å². The minimum Gasteiger partial charge on any atom is -0.478 e. The summed E-state index contributed by atoms with van der Waals surface area (Å²) < 4.78 is 0. The Balaban J connectivity index is 4.67. The molecule has 0 aliphatic carbocycles. The molecule has 0 amide bonds. The van der Waals surface area contributed by atoms with Crippen LogP contribution < -0.4 is 5.73 Å². The molecule has 3 N–H and O–H groups in total. The molecule has 0 fully saturated rings. The summed E-state index contributed by atoms with van der Waals surface area (Å²) in [7, 11) is 0.